The highest BCUT2D eigenvalue weighted by Gasteiger charge is 2.46. The number of oxazole rings is 1. The van der Waals surface area contributed by atoms with Gasteiger partial charge in [0.25, 0.3) is 5.92 Å². The van der Waals surface area contributed by atoms with E-state index in [1.807, 2.05) is 0 Å². The van der Waals surface area contributed by atoms with Crippen molar-refractivity contribution in [2.24, 2.45) is 0 Å². The third kappa shape index (κ3) is 5.43. The van der Waals surface area contributed by atoms with Crippen molar-refractivity contribution < 1.29 is 22.7 Å². The molecule has 4 rings (SSSR count). The van der Waals surface area contributed by atoms with Gasteiger partial charge in [0.15, 0.2) is 6.61 Å². The van der Waals surface area contributed by atoms with Gasteiger partial charge in [-0.1, -0.05) is 6.07 Å². The Morgan fingerprint density at radius 3 is 2.88 bits per heavy atom. The van der Waals surface area contributed by atoms with Crippen LogP contribution < -0.4 is 15.6 Å². The van der Waals surface area contributed by atoms with Crippen LogP contribution in [0.1, 0.15) is 30.7 Å². The highest BCUT2D eigenvalue weighted by Crippen LogP contribution is 2.40. The largest absolute Gasteiger partial charge is 0.482 e. The highest BCUT2D eigenvalue weighted by atomic mass is 19.3. The molecule has 4 heterocycles. The Bertz CT molecular complexity index is 1110. The minimum atomic E-state index is -2.94. The van der Waals surface area contributed by atoms with Gasteiger partial charge in [-0.25, -0.2) is 18.7 Å². The molecule has 1 saturated heterocycles. The fourth-order valence-electron chi connectivity index (χ4n) is 3.67. The number of alkyl halides is 2. The van der Waals surface area contributed by atoms with E-state index in [1.165, 1.54) is 37.0 Å². The van der Waals surface area contributed by atoms with Crippen LogP contribution in [-0.2, 0) is 11.4 Å². The maximum absolute atomic E-state index is 14.6. The zero-order chi connectivity index (χ0) is 23.4. The van der Waals surface area contributed by atoms with Gasteiger partial charge in [0.1, 0.15) is 17.8 Å². The molecular weight excluding hydrogens is 436 g/mol. The van der Waals surface area contributed by atoms with E-state index >= 15 is 0 Å². The Labute approximate surface area is 187 Å². The van der Waals surface area contributed by atoms with Crippen molar-refractivity contribution in [1.29, 1.82) is 0 Å². The third-order valence-corrected chi connectivity index (χ3v) is 5.63. The number of ether oxygens (including phenoxy) is 1. The number of H-pyrrole nitrogens is 1. The van der Waals surface area contributed by atoms with E-state index in [-0.39, 0.29) is 37.6 Å². The van der Waals surface area contributed by atoms with Crippen molar-refractivity contribution in [2.45, 2.75) is 37.8 Å². The molecule has 1 fully saturated rings. The molecule has 1 amide bonds. The average molecular weight is 459 g/mol. The van der Waals surface area contributed by atoms with E-state index in [9.17, 15) is 18.4 Å². The molecule has 3 aromatic heterocycles. The van der Waals surface area contributed by atoms with Crippen LogP contribution in [0.3, 0.4) is 0 Å². The van der Waals surface area contributed by atoms with Crippen LogP contribution in [0.15, 0.2) is 58.3 Å². The van der Waals surface area contributed by atoms with E-state index < -0.39 is 17.9 Å². The molecular formula is C22H23F2N5O4. The van der Waals surface area contributed by atoms with Crippen LogP contribution in [0, 0.1) is 0 Å². The van der Waals surface area contributed by atoms with Gasteiger partial charge in [0, 0.05) is 31.8 Å². The van der Waals surface area contributed by atoms with Gasteiger partial charge in [0.05, 0.1) is 24.4 Å². The van der Waals surface area contributed by atoms with Gasteiger partial charge in [-0.3, -0.25) is 14.5 Å². The number of aromatic nitrogens is 3. The zero-order valence-electron chi connectivity index (χ0n) is 17.8. The van der Waals surface area contributed by atoms with Crippen molar-refractivity contribution in [3.63, 3.8) is 0 Å². The second kappa shape index (κ2) is 9.49. The number of carbonyl (C=O) groups excluding carboxylic acids is 1. The molecule has 1 aliphatic rings. The van der Waals surface area contributed by atoms with Gasteiger partial charge in [-0.15, -0.1) is 0 Å². The highest BCUT2D eigenvalue weighted by molar-refractivity contribution is 5.93. The van der Waals surface area contributed by atoms with Gasteiger partial charge in [-0.05, 0) is 24.6 Å². The van der Waals surface area contributed by atoms with Crippen LogP contribution in [0.4, 0.5) is 14.6 Å². The topological polar surface area (TPSA) is 113 Å². The van der Waals surface area contributed by atoms with Gasteiger partial charge >= 0.3 is 0 Å². The fraction of sp³-hybridized carbons (Fsp3) is 0.364. The number of rotatable bonds is 7. The number of amides is 1. The van der Waals surface area contributed by atoms with Crippen molar-refractivity contribution in [3.8, 4) is 5.75 Å². The summed E-state index contributed by atoms with van der Waals surface area (Å²) in [6.07, 6.45) is 5.34. The number of halogens is 2. The summed E-state index contributed by atoms with van der Waals surface area (Å²) in [6.45, 7) is 1.86. The number of nitrogens with one attached hydrogen (secondary N) is 2. The lowest BCUT2D eigenvalue weighted by molar-refractivity contribution is -0.125. The first-order valence-corrected chi connectivity index (χ1v) is 10.4. The second-order valence-corrected chi connectivity index (χ2v) is 7.80. The molecule has 0 radical (unpaired) electrons. The SMILES string of the molecule is C[C@@H](C(=O)Nc1ccc(OCc2ncco2)cn1)N1CCC(F)(F)[C@@H](c2ccc(=O)[nH]c2)C1. The minimum absolute atomic E-state index is 0.0192. The molecule has 9 nitrogen and oxygen atoms in total. The third-order valence-electron chi connectivity index (χ3n) is 5.63. The predicted octanol–water partition coefficient (Wildman–Crippen LogP) is 2.79. The first-order chi connectivity index (χ1) is 15.8. The Morgan fingerprint density at radius 2 is 2.21 bits per heavy atom. The Kier molecular flexibility index (Phi) is 6.50. The normalized spacial score (nSPS) is 19.1. The number of pyridine rings is 2. The molecule has 2 N–H and O–H groups in total. The molecule has 11 heteroatoms. The summed E-state index contributed by atoms with van der Waals surface area (Å²) in [6, 6.07) is 5.20. The number of nitrogens with zero attached hydrogens (tertiary/aromatic N) is 3. The van der Waals surface area contributed by atoms with Crippen LogP contribution in [-0.4, -0.2) is 50.8 Å². The predicted molar refractivity (Wildman–Crippen MR) is 114 cm³/mol. The molecule has 2 atom stereocenters. The Morgan fingerprint density at radius 1 is 1.36 bits per heavy atom. The summed E-state index contributed by atoms with van der Waals surface area (Å²) in [4.78, 5) is 36.3. The van der Waals surface area contributed by atoms with Crippen LogP contribution in [0.2, 0.25) is 0 Å². The van der Waals surface area contributed by atoms with Crippen molar-refractivity contribution in [2.75, 3.05) is 18.4 Å². The van der Waals surface area contributed by atoms with Crippen molar-refractivity contribution in [1.82, 2.24) is 19.9 Å². The van der Waals surface area contributed by atoms with E-state index in [4.69, 9.17) is 9.15 Å². The molecule has 174 valence electrons. The van der Waals surface area contributed by atoms with Gasteiger partial charge in [0.2, 0.25) is 17.4 Å². The molecule has 0 spiro atoms. The lowest BCUT2D eigenvalue weighted by Gasteiger charge is -2.40. The molecule has 0 unspecified atom stereocenters. The van der Waals surface area contributed by atoms with Crippen LogP contribution in [0.5, 0.6) is 5.75 Å². The van der Waals surface area contributed by atoms with E-state index in [1.54, 1.807) is 24.0 Å². The summed E-state index contributed by atoms with van der Waals surface area (Å²) in [5, 5.41) is 2.71. The first-order valence-electron chi connectivity index (χ1n) is 10.4. The van der Waals surface area contributed by atoms with Crippen LogP contribution in [0.25, 0.3) is 0 Å². The standard InChI is InChI=1S/C22H23F2N5O4/c1-14(29-8-6-22(23,24)17(12-29)15-2-5-19(30)27-10-15)21(31)28-18-4-3-16(11-26-18)33-13-20-25-7-9-32-20/h2-5,7,9-11,14,17H,6,8,12-13H2,1H3,(H,27,30)(H,26,28,31)/t14-,17+/m0/s1. The maximum atomic E-state index is 14.6. The second-order valence-electron chi connectivity index (χ2n) is 7.80. The van der Waals surface area contributed by atoms with Crippen molar-refractivity contribution in [3.05, 3.63) is 70.9 Å². The maximum Gasteiger partial charge on any atom is 0.257 e. The lowest BCUT2D eigenvalue weighted by atomic mass is 9.87. The summed E-state index contributed by atoms with van der Waals surface area (Å²) < 4.78 is 39.7. The summed E-state index contributed by atoms with van der Waals surface area (Å²) >= 11 is 0. The van der Waals surface area contributed by atoms with E-state index in [2.05, 4.69) is 20.3 Å². The van der Waals surface area contributed by atoms with E-state index in [0.717, 1.165) is 0 Å². The minimum Gasteiger partial charge on any atom is -0.482 e. The van der Waals surface area contributed by atoms with Crippen LogP contribution >= 0.6 is 0 Å². The van der Waals surface area contributed by atoms with Crippen molar-refractivity contribution >= 4 is 11.7 Å². The van der Waals surface area contributed by atoms with E-state index in [0.29, 0.717) is 23.0 Å². The number of aromatic amines is 1. The lowest BCUT2D eigenvalue weighted by Crippen LogP contribution is -2.52. The molecule has 0 bridgehead atoms. The average Bonchev–Trinajstić information content (AvgIpc) is 3.32. The smallest absolute Gasteiger partial charge is 0.257 e. The number of hydrogen-bond donors (Lipinski definition) is 2. The zero-order valence-corrected chi connectivity index (χ0v) is 17.8. The number of anilines is 1. The summed E-state index contributed by atoms with van der Waals surface area (Å²) in [7, 11) is 0. The number of carbonyl (C=O) groups is 1. The summed E-state index contributed by atoms with van der Waals surface area (Å²) in [5.41, 5.74) is -0.0251. The molecule has 0 aliphatic carbocycles. The van der Waals surface area contributed by atoms with Gasteiger partial charge < -0.3 is 19.5 Å². The monoisotopic (exact) mass is 459 g/mol. The summed E-state index contributed by atoms with van der Waals surface area (Å²) in [5.74, 6) is -3.21. The quantitative estimate of drug-likeness (QED) is 0.559. The Hall–Kier alpha value is -3.60. The molecule has 0 saturated carbocycles. The van der Waals surface area contributed by atoms with Gasteiger partial charge in [-0.2, -0.15) is 0 Å². The number of piperidine rings is 1. The first kappa shape index (κ1) is 22.6. The molecule has 1 aliphatic heterocycles. The fourth-order valence-corrected chi connectivity index (χ4v) is 3.67. The number of hydrogen-bond acceptors (Lipinski definition) is 7. The molecule has 3 aromatic rings. The Balaban J connectivity index is 1.36. The number of likely N-dealkylation sites (tertiary alicyclic amines) is 1. The molecule has 0 aromatic carbocycles. The molecule has 33 heavy (non-hydrogen) atoms.